The van der Waals surface area contributed by atoms with Crippen LogP contribution in [0.5, 0.6) is 0 Å². The minimum absolute atomic E-state index is 0.168. The highest BCUT2D eigenvalue weighted by molar-refractivity contribution is 9.10. The van der Waals surface area contributed by atoms with E-state index in [1.165, 1.54) is 11.1 Å². The van der Waals surface area contributed by atoms with Crippen molar-refractivity contribution >= 4 is 22.0 Å². The van der Waals surface area contributed by atoms with E-state index in [0.717, 1.165) is 11.0 Å². The Kier molecular flexibility index (Phi) is 6.68. The lowest BCUT2D eigenvalue weighted by Gasteiger charge is -2.21. The smallest absolute Gasteiger partial charge is 0.407 e. The van der Waals surface area contributed by atoms with Crippen molar-refractivity contribution in [2.75, 3.05) is 6.54 Å². The van der Waals surface area contributed by atoms with Crippen molar-refractivity contribution in [3.8, 4) is 0 Å². The molecule has 0 saturated carbocycles. The van der Waals surface area contributed by atoms with Crippen LogP contribution in [0.4, 0.5) is 4.79 Å². The molecule has 0 fully saturated rings. The molecule has 1 aromatic rings. The molecule has 4 nitrogen and oxygen atoms in total. The third-order valence-corrected chi connectivity index (χ3v) is 3.72. The first-order chi connectivity index (χ1) is 9.67. The topological polar surface area (TPSA) is 50.4 Å². The van der Waals surface area contributed by atoms with Gasteiger partial charge in [-0.05, 0) is 51.8 Å². The van der Waals surface area contributed by atoms with Crippen LogP contribution in [-0.2, 0) is 11.3 Å². The molecule has 21 heavy (non-hydrogen) atoms. The molecule has 1 amide bonds. The summed E-state index contributed by atoms with van der Waals surface area (Å²) in [6, 6.07) is 6.44. The standard InChI is InChI=1S/C16H25BrN2O2/c1-11-8-13(6-7-14(11)17)10-18-12(2)9-19-15(20)21-16(3,4)5/h6-8,12,18H,9-10H2,1-5H3,(H,19,20). The molecule has 0 aromatic heterocycles. The van der Waals surface area contributed by atoms with E-state index >= 15 is 0 Å². The van der Waals surface area contributed by atoms with Crippen LogP contribution in [0.15, 0.2) is 22.7 Å². The Labute approximate surface area is 135 Å². The highest BCUT2D eigenvalue weighted by Crippen LogP contribution is 2.17. The summed E-state index contributed by atoms with van der Waals surface area (Å²) in [5, 5.41) is 6.14. The van der Waals surface area contributed by atoms with Gasteiger partial charge in [0.25, 0.3) is 0 Å². The van der Waals surface area contributed by atoms with Crippen LogP contribution in [0.1, 0.15) is 38.8 Å². The Morgan fingerprint density at radius 1 is 1.38 bits per heavy atom. The number of nitrogens with one attached hydrogen (secondary N) is 2. The summed E-state index contributed by atoms with van der Waals surface area (Å²) in [7, 11) is 0. The van der Waals surface area contributed by atoms with Gasteiger partial charge in [-0.2, -0.15) is 0 Å². The zero-order valence-electron chi connectivity index (χ0n) is 13.4. The van der Waals surface area contributed by atoms with Gasteiger partial charge in [-0.3, -0.25) is 0 Å². The van der Waals surface area contributed by atoms with Crippen LogP contribution >= 0.6 is 15.9 Å². The predicted molar refractivity (Wildman–Crippen MR) is 89.4 cm³/mol. The first-order valence-corrected chi connectivity index (χ1v) is 7.92. The van der Waals surface area contributed by atoms with Gasteiger partial charge >= 0.3 is 6.09 Å². The van der Waals surface area contributed by atoms with Gasteiger partial charge in [0.2, 0.25) is 0 Å². The third-order valence-electron chi connectivity index (χ3n) is 2.83. The van der Waals surface area contributed by atoms with Crippen LogP contribution in [0.3, 0.4) is 0 Å². The molecule has 1 unspecified atom stereocenters. The molecule has 0 bridgehead atoms. The number of rotatable bonds is 5. The SMILES string of the molecule is Cc1cc(CNC(C)CNC(=O)OC(C)(C)C)ccc1Br. The zero-order chi connectivity index (χ0) is 16.0. The fourth-order valence-corrected chi connectivity index (χ4v) is 1.98. The number of aryl methyl sites for hydroxylation is 1. The molecule has 1 aromatic carbocycles. The van der Waals surface area contributed by atoms with Crippen molar-refractivity contribution in [1.29, 1.82) is 0 Å². The maximum Gasteiger partial charge on any atom is 0.407 e. The lowest BCUT2D eigenvalue weighted by atomic mass is 10.1. The predicted octanol–water partition coefficient (Wildman–Crippen LogP) is 3.76. The monoisotopic (exact) mass is 356 g/mol. The highest BCUT2D eigenvalue weighted by Gasteiger charge is 2.16. The lowest BCUT2D eigenvalue weighted by molar-refractivity contribution is 0.0523. The quantitative estimate of drug-likeness (QED) is 0.844. The number of amides is 1. The van der Waals surface area contributed by atoms with Crippen LogP contribution in [0.25, 0.3) is 0 Å². The average molecular weight is 357 g/mol. The average Bonchev–Trinajstić information content (AvgIpc) is 2.36. The van der Waals surface area contributed by atoms with E-state index in [9.17, 15) is 4.79 Å². The number of hydrogen-bond acceptors (Lipinski definition) is 3. The summed E-state index contributed by atoms with van der Waals surface area (Å²) >= 11 is 3.49. The van der Waals surface area contributed by atoms with E-state index in [1.54, 1.807) is 0 Å². The molecule has 0 saturated heterocycles. The van der Waals surface area contributed by atoms with E-state index in [2.05, 4.69) is 51.7 Å². The van der Waals surface area contributed by atoms with Crippen LogP contribution in [0.2, 0.25) is 0 Å². The van der Waals surface area contributed by atoms with E-state index in [4.69, 9.17) is 4.74 Å². The Balaban J connectivity index is 2.32. The number of alkyl carbamates (subject to hydrolysis) is 1. The van der Waals surface area contributed by atoms with Crippen molar-refractivity contribution in [1.82, 2.24) is 10.6 Å². The van der Waals surface area contributed by atoms with Gasteiger partial charge in [-0.25, -0.2) is 4.79 Å². The second kappa shape index (κ2) is 7.80. The van der Waals surface area contributed by atoms with Gasteiger partial charge in [0.15, 0.2) is 0 Å². The molecule has 0 aliphatic heterocycles. The number of hydrogen-bond donors (Lipinski definition) is 2. The van der Waals surface area contributed by atoms with Crippen LogP contribution in [-0.4, -0.2) is 24.3 Å². The van der Waals surface area contributed by atoms with Crippen molar-refractivity contribution in [3.63, 3.8) is 0 Å². The van der Waals surface area contributed by atoms with Gasteiger partial charge in [0.1, 0.15) is 5.60 Å². The lowest BCUT2D eigenvalue weighted by Crippen LogP contribution is -2.41. The minimum atomic E-state index is -0.463. The number of carbonyl (C=O) groups is 1. The summed E-state index contributed by atoms with van der Waals surface area (Å²) in [6.07, 6.45) is -0.379. The number of halogens is 1. The molecule has 0 spiro atoms. The van der Waals surface area contributed by atoms with Gasteiger partial charge in [-0.15, -0.1) is 0 Å². The van der Waals surface area contributed by atoms with E-state index in [0.29, 0.717) is 6.54 Å². The van der Waals surface area contributed by atoms with Gasteiger partial charge in [-0.1, -0.05) is 28.1 Å². The summed E-state index contributed by atoms with van der Waals surface area (Å²) in [4.78, 5) is 11.6. The van der Waals surface area contributed by atoms with Gasteiger partial charge in [0, 0.05) is 23.6 Å². The second-order valence-corrected chi connectivity index (χ2v) is 7.10. The Morgan fingerprint density at radius 2 is 2.05 bits per heavy atom. The third kappa shape index (κ3) is 7.48. The van der Waals surface area contributed by atoms with Crippen LogP contribution < -0.4 is 10.6 Å². The molecule has 118 valence electrons. The summed E-state index contributed by atoms with van der Waals surface area (Å²) in [5.74, 6) is 0. The minimum Gasteiger partial charge on any atom is -0.444 e. The number of ether oxygens (including phenoxy) is 1. The number of benzene rings is 1. The highest BCUT2D eigenvalue weighted by atomic mass is 79.9. The fourth-order valence-electron chi connectivity index (χ4n) is 1.73. The number of carbonyl (C=O) groups excluding carboxylic acids is 1. The Bertz CT molecular complexity index is 484. The normalized spacial score (nSPS) is 12.9. The molecular weight excluding hydrogens is 332 g/mol. The van der Waals surface area contributed by atoms with Crippen molar-refractivity contribution in [2.45, 2.75) is 52.8 Å². The molecule has 5 heteroatoms. The van der Waals surface area contributed by atoms with Gasteiger partial charge < -0.3 is 15.4 Å². The van der Waals surface area contributed by atoms with Gasteiger partial charge in [0.05, 0.1) is 0 Å². The molecule has 0 radical (unpaired) electrons. The summed E-state index contributed by atoms with van der Waals surface area (Å²) in [5.41, 5.74) is 1.98. The van der Waals surface area contributed by atoms with Crippen molar-refractivity contribution in [3.05, 3.63) is 33.8 Å². The van der Waals surface area contributed by atoms with E-state index in [-0.39, 0.29) is 12.1 Å². The maximum absolute atomic E-state index is 11.6. The van der Waals surface area contributed by atoms with E-state index in [1.807, 2.05) is 27.7 Å². The first-order valence-electron chi connectivity index (χ1n) is 7.12. The molecule has 1 atom stereocenters. The molecule has 2 N–H and O–H groups in total. The fraction of sp³-hybridized carbons (Fsp3) is 0.562. The molecule has 0 aliphatic rings. The molecule has 0 aliphatic carbocycles. The summed E-state index contributed by atoms with van der Waals surface area (Å²) < 4.78 is 6.31. The molecule has 0 heterocycles. The second-order valence-electron chi connectivity index (χ2n) is 6.25. The first kappa shape index (κ1) is 18.0. The Hall–Kier alpha value is -1.07. The van der Waals surface area contributed by atoms with Crippen molar-refractivity contribution in [2.24, 2.45) is 0 Å². The van der Waals surface area contributed by atoms with Crippen LogP contribution in [0, 0.1) is 6.92 Å². The van der Waals surface area contributed by atoms with Crippen molar-refractivity contribution < 1.29 is 9.53 Å². The maximum atomic E-state index is 11.6. The molecule has 1 rings (SSSR count). The Morgan fingerprint density at radius 3 is 2.62 bits per heavy atom. The zero-order valence-corrected chi connectivity index (χ0v) is 15.0. The summed E-state index contributed by atoms with van der Waals surface area (Å²) in [6.45, 7) is 11.0. The largest absolute Gasteiger partial charge is 0.444 e. The molecular formula is C16H25BrN2O2. The van der Waals surface area contributed by atoms with E-state index < -0.39 is 5.60 Å².